The third kappa shape index (κ3) is 1.57. The summed E-state index contributed by atoms with van der Waals surface area (Å²) in [5, 5.41) is 3.27. The zero-order valence-corrected chi connectivity index (χ0v) is 6.64. The molecular formula is C8H16N2. The number of likely N-dealkylation sites (N-methyl/N-ethyl adjacent to an activating group) is 1. The van der Waals surface area contributed by atoms with Gasteiger partial charge in [-0.05, 0) is 26.6 Å². The first kappa shape index (κ1) is 7.73. The van der Waals surface area contributed by atoms with Crippen LogP contribution in [0.5, 0.6) is 0 Å². The van der Waals surface area contributed by atoms with E-state index in [1.54, 1.807) is 0 Å². The molecule has 1 N–H and O–H groups in total. The van der Waals surface area contributed by atoms with Crippen LogP contribution in [0.4, 0.5) is 0 Å². The number of rotatable bonds is 2. The summed E-state index contributed by atoms with van der Waals surface area (Å²) in [6.07, 6.45) is 5.15. The molecule has 2 atom stereocenters. The second-order valence-corrected chi connectivity index (χ2v) is 2.93. The van der Waals surface area contributed by atoms with Crippen molar-refractivity contribution in [2.24, 2.45) is 4.99 Å². The van der Waals surface area contributed by atoms with Crippen molar-refractivity contribution in [3.05, 3.63) is 0 Å². The van der Waals surface area contributed by atoms with Crippen LogP contribution < -0.4 is 5.32 Å². The Hall–Kier alpha value is -0.370. The molecule has 0 aromatic rings. The Kier molecular flexibility index (Phi) is 2.87. The normalized spacial score (nSPS) is 33.7. The van der Waals surface area contributed by atoms with Crippen molar-refractivity contribution in [2.45, 2.75) is 37.8 Å². The first-order valence-electron chi connectivity index (χ1n) is 4.01. The van der Waals surface area contributed by atoms with E-state index in [0.717, 1.165) is 0 Å². The molecule has 10 heavy (non-hydrogen) atoms. The van der Waals surface area contributed by atoms with Gasteiger partial charge >= 0.3 is 0 Å². The zero-order valence-electron chi connectivity index (χ0n) is 6.64. The molecular weight excluding hydrogens is 124 g/mol. The third-order valence-electron chi connectivity index (χ3n) is 2.33. The summed E-state index contributed by atoms with van der Waals surface area (Å²) < 4.78 is 0. The number of nitrogens with zero attached hydrogens (tertiary/aromatic N) is 1. The molecule has 1 fully saturated rings. The molecule has 0 radical (unpaired) electrons. The lowest BCUT2D eigenvalue weighted by Crippen LogP contribution is -2.38. The second-order valence-electron chi connectivity index (χ2n) is 2.93. The average molecular weight is 140 g/mol. The highest BCUT2D eigenvalue weighted by atomic mass is 14.9. The minimum atomic E-state index is 0.471. The molecule has 1 rings (SSSR count). The van der Waals surface area contributed by atoms with Crippen molar-refractivity contribution in [3.63, 3.8) is 0 Å². The van der Waals surface area contributed by atoms with E-state index in [2.05, 4.69) is 17.0 Å². The predicted molar refractivity (Wildman–Crippen MR) is 44.7 cm³/mol. The Balaban J connectivity index is 2.41. The first-order valence-corrected chi connectivity index (χ1v) is 4.01. The molecule has 0 saturated heterocycles. The van der Waals surface area contributed by atoms with Crippen LogP contribution in [-0.4, -0.2) is 25.8 Å². The largest absolute Gasteiger partial charge is 0.315 e. The average Bonchev–Trinajstić information content (AvgIpc) is 2.04. The topological polar surface area (TPSA) is 24.4 Å². The molecule has 0 spiro atoms. The monoisotopic (exact) mass is 140 g/mol. The fourth-order valence-electron chi connectivity index (χ4n) is 1.67. The van der Waals surface area contributed by atoms with E-state index in [9.17, 15) is 0 Å². The van der Waals surface area contributed by atoms with Gasteiger partial charge in [-0.3, -0.25) is 4.99 Å². The minimum absolute atomic E-state index is 0.471. The van der Waals surface area contributed by atoms with Crippen molar-refractivity contribution in [3.8, 4) is 0 Å². The maximum atomic E-state index is 4.09. The summed E-state index contributed by atoms with van der Waals surface area (Å²) in [6.45, 7) is 3.59. The Labute approximate surface area is 62.7 Å². The molecule has 1 aliphatic carbocycles. The van der Waals surface area contributed by atoms with Crippen LogP contribution in [-0.2, 0) is 0 Å². The van der Waals surface area contributed by atoms with Crippen LogP contribution in [0.2, 0.25) is 0 Å². The standard InChI is InChI=1S/C8H16N2/c1-9-7-5-3-4-6-8(7)10-2/h7-8,10H,1,3-6H2,2H3/t7-,8+/m1/s1. The zero-order chi connectivity index (χ0) is 7.40. The maximum Gasteiger partial charge on any atom is 0.0645 e. The molecule has 58 valence electrons. The fraction of sp³-hybridized carbons (Fsp3) is 0.875. The summed E-state index contributed by atoms with van der Waals surface area (Å²) in [6, 6.07) is 1.06. The molecule has 0 aliphatic heterocycles. The summed E-state index contributed by atoms with van der Waals surface area (Å²) in [5.74, 6) is 0. The van der Waals surface area contributed by atoms with E-state index < -0.39 is 0 Å². The van der Waals surface area contributed by atoms with Gasteiger partial charge in [-0.2, -0.15) is 0 Å². The molecule has 1 aliphatic rings. The number of hydrogen-bond acceptors (Lipinski definition) is 2. The van der Waals surface area contributed by atoms with Gasteiger partial charge in [0.2, 0.25) is 0 Å². The van der Waals surface area contributed by atoms with Gasteiger partial charge in [-0.15, -0.1) is 0 Å². The summed E-state index contributed by atoms with van der Waals surface area (Å²) in [5.41, 5.74) is 0. The van der Waals surface area contributed by atoms with E-state index in [0.29, 0.717) is 12.1 Å². The van der Waals surface area contributed by atoms with Gasteiger partial charge in [-0.25, -0.2) is 0 Å². The highest BCUT2D eigenvalue weighted by Crippen LogP contribution is 2.20. The molecule has 0 unspecified atom stereocenters. The summed E-state index contributed by atoms with van der Waals surface area (Å²) in [4.78, 5) is 4.09. The van der Waals surface area contributed by atoms with E-state index in [-0.39, 0.29) is 0 Å². The highest BCUT2D eigenvalue weighted by Gasteiger charge is 2.21. The van der Waals surface area contributed by atoms with Gasteiger partial charge in [0.15, 0.2) is 0 Å². The van der Waals surface area contributed by atoms with Crippen molar-refractivity contribution in [1.29, 1.82) is 0 Å². The van der Waals surface area contributed by atoms with Crippen LogP contribution in [0.25, 0.3) is 0 Å². The van der Waals surface area contributed by atoms with Crippen LogP contribution >= 0.6 is 0 Å². The van der Waals surface area contributed by atoms with Crippen LogP contribution in [0.15, 0.2) is 4.99 Å². The van der Waals surface area contributed by atoms with Crippen LogP contribution in [0.1, 0.15) is 25.7 Å². The van der Waals surface area contributed by atoms with Crippen LogP contribution in [0.3, 0.4) is 0 Å². The molecule has 0 aromatic heterocycles. The third-order valence-corrected chi connectivity index (χ3v) is 2.33. The summed E-state index contributed by atoms with van der Waals surface area (Å²) in [7, 11) is 2.01. The Morgan fingerprint density at radius 3 is 2.60 bits per heavy atom. The fourth-order valence-corrected chi connectivity index (χ4v) is 1.67. The molecule has 0 bridgehead atoms. The van der Waals surface area contributed by atoms with Crippen molar-refractivity contribution >= 4 is 6.72 Å². The second kappa shape index (κ2) is 3.71. The lowest BCUT2D eigenvalue weighted by atomic mass is 9.91. The molecule has 1 saturated carbocycles. The SMILES string of the molecule is C=N[C@@H]1CCCC[C@@H]1NC. The Bertz CT molecular complexity index is 112. The minimum Gasteiger partial charge on any atom is -0.315 e. The number of aliphatic imine (C=N–C) groups is 1. The molecule has 2 nitrogen and oxygen atoms in total. The number of hydrogen-bond donors (Lipinski definition) is 1. The van der Waals surface area contributed by atoms with Gasteiger partial charge in [0.05, 0.1) is 6.04 Å². The van der Waals surface area contributed by atoms with Gasteiger partial charge in [0, 0.05) is 6.04 Å². The van der Waals surface area contributed by atoms with Gasteiger partial charge in [-0.1, -0.05) is 12.8 Å². The lowest BCUT2D eigenvalue weighted by Gasteiger charge is -2.27. The lowest BCUT2D eigenvalue weighted by molar-refractivity contribution is 0.347. The molecule has 0 amide bonds. The van der Waals surface area contributed by atoms with Gasteiger partial charge < -0.3 is 5.32 Å². The van der Waals surface area contributed by atoms with E-state index in [4.69, 9.17) is 0 Å². The molecule has 2 heteroatoms. The predicted octanol–water partition coefficient (Wildman–Crippen LogP) is 1.22. The Morgan fingerprint density at radius 2 is 2.10 bits per heavy atom. The van der Waals surface area contributed by atoms with Crippen molar-refractivity contribution < 1.29 is 0 Å². The maximum absolute atomic E-state index is 4.09. The van der Waals surface area contributed by atoms with Crippen molar-refractivity contribution in [1.82, 2.24) is 5.32 Å². The number of nitrogens with one attached hydrogen (secondary N) is 1. The van der Waals surface area contributed by atoms with Gasteiger partial charge in [0.1, 0.15) is 0 Å². The van der Waals surface area contributed by atoms with Crippen LogP contribution in [0, 0.1) is 0 Å². The summed E-state index contributed by atoms with van der Waals surface area (Å²) >= 11 is 0. The molecule has 0 heterocycles. The Morgan fingerprint density at radius 1 is 1.40 bits per heavy atom. The van der Waals surface area contributed by atoms with Gasteiger partial charge in [0.25, 0.3) is 0 Å². The van der Waals surface area contributed by atoms with E-state index in [1.807, 2.05) is 7.05 Å². The van der Waals surface area contributed by atoms with E-state index in [1.165, 1.54) is 25.7 Å². The smallest absolute Gasteiger partial charge is 0.0645 e. The molecule has 0 aromatic carbocycles. The quantitative estimate of drug-likeness (QED) is 0.573. The van der Waals surface area contributed by atoms with Crippen molar-refractivity contribution in [2.75, 3.05) is 7.05 Å². The first-order chi connectivity index (χ1) is 4.88. The van der Waals surface area contributed by atoms with E-state index >= 15 is 0 Å². The highest BCUT2D eigenvalue weighted by molar-refractivity contribution is 5.24.